The summed E-state index contributed by atoms with van der Waals surface area (Å²) in [6.07, 6.45) is 39.4. The van der Waals surface area contributed by atoms with Crippen LogP contribution in [-0.2, 0) is 32.7 Å². The summed E-state index contributed by atoms with van der Waals surface area (Å²) in [5.74, 6) is -1.17. The van der Waals surface area contributed by atoms with E-state index in [4.69, 9.17) is 24.3 Å². The number of unbranched alkanes of at least 4 members (excludes halogenated alkanes) is 5. The maximum atomic E-state index is 12.5. The first-order valence-corrected chi connectivity index (χ1v) is 21.7. The number of hydrogen-bond acceptors (Lipinski definition) is 10. The van der Waals surface area contributed by atoms with Crippen molar-refractivity contribution in [3.05, 3.63) is 85.1 Å². The Morgan fingerprint density at radius 1 is 0.636 bits per heavy atom. The van der Waals surface area contributed by atoms with Crippen molar-refractivity contribution in [3.63, 3.8) is 0 Å². The van der Waals surface area contributed by atoms with Gasteiger partial charge < -0.3 is 30.3 Å². The van der Waals surface area contributed by atoms with Gasteiger partial charge in [-0.3, -0.25) is 18.6 Å². The van der Waals surface area contributed by atoms with Crippen molar-refractivity contribution in [2.24, 2.45) is 5.73 Å². The number of aliphatic hydroxyl groups excluding tert-OH is 2. The summed E-state index contributed by atoms with van der Waals surface area (Å²) in [6, 6.07) is 0. The van der Waals surface area contributed by atoms with Crippen LogP contribution >= 0.6 is 7.82 Å². The molecule has 55 heavy (non-hydrogen) atoms. The highest BCUT2D eigenvalue weighted by Gasteiger charge is 2.26. The molecule has 0 aromatic carbocycles. The van der Waals surface area contributed by atoms with E-state index in [1.165, 1.54) is 19.3 Å². The van der Waals surface area contributed by atoms with Crippen LogP contribution in [0.4, 0.5) is 0 Å². The second-order valence-corrected chi connectivity index (χ2v) is 14.5. The topological polar surface area (TPSA) is 175 Å². The predicted octanol–water partition coefficient (Wildman–Crippen LogP) is 9.21. The Kier molecular flexibility index (Phi) is 36.0. The Morgan fingerprint density at radius 3 is 1.73 bits per heavy atom. The number of aliphatic hydroxyl groups is 2. The van der Waals surface area contributed by atoms with Gasteiger partial charge in [0.2, 0.25) is 0 Å². The van der Waals surface area contributed by atoms with Crippen molar-refractivity contribution in [1.82, 2.24) is 0 Å². The summed E-state index contributed by atoms with van der Waals surface area (Å²) in [5, 5.41) is 20.6. The van der Waals surface area contributed by atoms with Crippen LogP contribution < -0.4 is 5.73 Å². The Balaban J connectivity index is 4.53. The lowest BCUT2D eigenvalue weighted by Crippen LogP contribution is -2.30. The van der Waals surface area contributed by atoms with Gasteiger partial charge in [0.05, 0.1) is 25.4 Å². The minimum Gasteiger partial charge on any atom is -0.462 e. The van der Waals surface area contributed by atoms with Crippen LogP contribution in [0.2, 0.25) is 0 Å². The summed E-state index contributed by atoms with van der Waals surface area (Å²) in [6.45, 7) is 3.17. The molecule has 5 N–H and O–H groups in total. The third kappa shape index (κ3) is 36.5. The molecule has 0 aliphatic rings. The second kappa shape index (κ2) is 38.0. The monoisotopic (exact) mass is 793 g/mol. The van der Waals surface area contributed by atoms with Crippen LogP contribution in [-0.4, -0.2) is 71.7 Å². The van der Waals surface area contributed by atoms with E-state index < -0.39 is 51.3 Å². The number of rotatable bonds is 36. The number of phosphoric acid groups is 1. The molecule has 3 unspecified atom stereocenters. The maximum absolute atomic E-state index is 12.5. The van der Waals surface area contributed by atoms with Crippen molar-refractivity contribution in [3.8, 4) is 0 Å². The maximum Gasteiger partial charge on any atom is 0.472 e. The van der Waals surface area contributed by atoms with E-state index in [9.17, 15) is 29.3 Å². The van der Waals surface area contributed by atoms with Crippen LogP contribution in [0.1, 0.15) is 129 Å². The molecule has 0 aromatic rings. The standard InChI is InChI=1S/C43H72NO10P/c1-3-5-7-9-11-13-15-17-18-19-21-23-25-27-29-33-43(48)54-39(38-53-55(49,50)52-36-35-44)37-51-42(47)34-30-32-41(46)40(45)31-28-26-24-22-20-16-14-12-10-8-6-4-2/h5,7,11-14,17-18,20-23,26,28,39-41,45-46H,3-4,6,8-10,15-16,19,24-25,27,29-38,44H2,1-2H3,(H,49,50)/b7-5-,13-11-,14-12-,18-17-,22-20-,23-21-,28-26-/t39-,40?,41?/m1/s1. The van der Waals surface area contributed by atoms with Gasteiger partial charge in [-0.15, -0.1) is 0 Å². The van der Waals surface area contributed by atoms with E-state index in [1.54, 1.807) is 0 Å². The fourth-order valence-corrected chi connectivity index (χ4v) is 5.61. The van der Waals surface area contributed by atoms with Crippen molar-refractivity contribution in [2.75, 3.05) is 26.4 Å². The Hall–Kier alpha value is -2.89. The third-order valence-electron chi connectivity index (χ3n) is 7.97. The molecule has 0 aliphatic heterocycles. The highest BCUT2D eigenvalue weighted by Crippen LogP contribution is 2.43. The van der Waals surface area contributed by atoms with Gasteiger partial charge in [-0.1, -0.05) is 112 Å². The Morgan fingerprint density at radius 2 is 1.16 bits per heavy atom. The SMILES string of the molecule is CC/C=C\C/C=C\C/C=C\C/C=C\CCCCC(=O)O[C@H](COC(=O)CCCC(O)C(O)C/C=C\C/C=C\C/C=C\CCCCC)COP(=O)(O)OCCN. The van der Waals surface area contributed by atoms with E-state index in [2.05, 4.69) is 86.8 Å². The van der Waals surface area contributed by atoms with Crippen LogP contribution in [0, 0.1) is 0 Å². The van der Waals surface area contributed by atoms with E-state index in [0.29, 0.717) is 6.42 Å². The molecule has 0 aliphatic carbocycles. The van der Waals surface area contributed by atoms with Gasteiger partial charge >= 0.3 is 19.8 Å². The fourth-order valence-electron chi connectivity index (χ4n) is 4.84. The summed E-state index contributed by atoms with van der Waals surface area (Å²) in [4.78, 5) is 34.8. The number of hydrogen-bond donors (Lipinski definition) is 4. The molecular weight excluding hydrogens is 721 g/mol. The number of carbonyl (C=O) groups is 2. The molecule has 0 aromatic heterocycles. The van der Waals surface area contributed by atoms with Gasteiger partial charge in [0.15, 0.2) is 6.10 Å². The molecule has 0 spiro atoms. The molecule has 0 saturated heterocycles. The molecule has 12 heteroatoms. The van der Waals surface area contributed by atoms with Crippen molar-refractivity contribution in [2.45, 2.75) is 148 Å². The molecule has 0 radical (unpaired) electrons. The largest absolute Gasteiger partial charge is 0.472 e. The van der Waals surface area contributed by atoms with Crippen LogP contribution in [0.3, 0.4) is 0 Å². The van der Waals surface area contributed by atoms with Gasteiger partial charge in [-0.05, 0) is 89.9 Å². The zero-order valence-corrected chi connectivity index (χ0v) is 34.5. The zero-order valence-electron chi connectivity index (χ0n) is 33.6. The smallest absolute Gasteiger partial charge is 0.462 e. The summed E-state index contributed by atoms with van der Waals surface area (Å²) < 4.78 is 32.5. The van der Waals surface area contributed by atoms with Crippen LogP contribution in [0.5, 0.6) is 0 Å². The summed E-state index contributed by atoms with van der Waals surface area (Å²) >= 11 is 0. The first kappa shape index (κ1) is 52.1. The minimum absolute atomic E-state index is 0.00243. The molecule has 0 saturated carbocycles. The molecular formula is C43H72NO10P. The van der Waals surface area contributed by atoms with Crippen LogP contribution in [0.15, 0.2) is 85.1 Å². The number of phosphoric ester groups is 1. The lowest BCUT2D eigenvalue weighted by Gasteiger charge is -2.20. The number of carbonyl (C=O) groups excluding carboxylic acids is 2. The van der Waals surface area contributed by atoms with Crippen molar-refractivity contribution >= 4 is 19.8 Å². The normalized spacial score (nSPS) is 15.4. The van der Waals surface area contributed by atoms with Gasteiger partial charge in [0.25, 0.3) is 0 Å². The highest BCUT2D eigenvalue weighted by molar-refractivity contribution is 7.47. The average molecular weight is 794 g/mol. The first-order chi connectivity index (χ1) is 26.6. The number of allylic oxidation sites excluding steroid dienone is 13. The van der Waals surface area contributed by atoms with Gasteiger partial charge in [0.1, 0.15) is 6.61 Å². The van der Waals surface area contributed by atoms with E-state index in [0.717, 1.165) is 57.8 Å². The van der Waals surface area contributed by atoms with Crippen molar-refractivity contribution in [1.29, 1.82) is 0 Å². The number of esters is 2. The molecule has 314 valence electrons. The quantitative estimate of drug-likeness (QED) is 0.0206. The van der Waals surface area contributed by atoms with E-state index in [-0.39, 0.29) is 45.3 Å². The first-order valence-electron chi connectivity index (χ1n) is 20.2. The molecule has 0 amide bonds. The van der Waals surface area contributed by atoms with E-state index in [1.807, 2.05) is 12.2 Å². The molecule has 4 atom stereocenters. The second-order valence-electron chi connectivity index (χ2n) is 13.1. The molecule has 0 bridgehead atoms. The molecule has 0 heterocycles. The molecule has 11 nitrogen and oxygen atoms in total. The van der Waals surface area contributed by atoms with Gasteiger partial charge in [-0.25, -0.2) is 4.57 Å². The summed E-state index contributed by atoms with van der Waals surface area (Å²) in [5.41, 5.74) is 5.32. The number of ether oxygens (including phenoxy) is 2. The van der Waals surface area contributed by atoms with Gasteiger partial charge in [0, 0.05) is 19.4 Å². The lowest BCUT2D eigenvalue weighted by atomic mass is 10.0. The van der Waals surface area contributed by atoms with Crippen molar-refractivity contribution < 1.29 is 47.8 Å². The summed E-state index contributed by atoms with van der Waals surface area (Å²) in [7, 11) is -4.46. The molecule has 0 rings (SSSR count). The highest BCUT2D eigenvalue weighted by atomic mass is 31.2. The Bertz CT molecular complexity index is 1210. The Labute approximate surface area is 331 Å². The van der Waals surface area contributed by atoms with Gasteiger partial charge in [-0.2, -0.15) is 0 Å². The number of nitrogens with two attached hydrogens (primary N) is 1. The minimum atomic E-state index is -4.46. The zero-order chi connectivity index (χ0) is 40.7. The molecule has 0 fully saturated rings. The average Bonchev–Trinajstić information content (AvgIpc) is 3.16. The van der Waals surface area contributed by atoms with Crippen LogP contribution in [0.25, 0.3) is 0 Å². The fraction of sp³-hybridized carbons (Fsp3) is 0.628. The predicted molar refractivity (Wildman–Crippen MR) is 222 cm³/mol. The van der Waals surface area contributed by atoms with E-state index >= 15 is 0 Å². The third-order valence-corrected chi connectivity index (χ3v) is 8.95. The lowest BCUT2D eigenvalue weighted by molar-refractivity contribution is -0.161.